The molecule has 2 fully saturated rings. The number of aromatic nitrogens is 1. The molecular formula is C22H28ClFN4O2. The Morgan fingerprint density at radius 1 is 1.13 bits per heavy atom. The smallest absolute Gasteiger partial charge is 0.256 e. The first kappa shape index (κ1) is 22.3. The minimum Gasteiger partial charge on any atom is -0.366 e. The monoisotopic (exact) mass is 434 g/mol. The summed E-state index contributed by atoms with van der Waals surface area (Å²) >= 11 is 0. The fourth-order valence-electron chi connectivity index (χ4n) is 4.27. The Kier molecular flexibility index (Phi) is 7.50. The Morgan fingerprint density at radius 2 is 1.93 bits per heavy atom. The van der Waals surface area contributed by atoms with Crippen molar-refractivity contribution < 1.29 is 14.0 Å². The largest absolute Gasteiger partial charge is 0.366 e. The van der Waals surface area contributed by atoms with Crippen LogP contribution in [0.1, 0.15) is 36.0 Å². The molecule has 1 aromatic carbocycles. The number of aromatic amines is 1. The number of H-pyrrole nitrogens is 1. The third kappa shape index (κ3) is 5.02. The predicted octanol–water partition coefficient (Wildman–Crippen LogP) is 2.96. The second kappa shape index (κ2) is 10.1. The van der Waals surface area contributed by atoms with E-state index in [0.717, 1.165) is 43.4 Å². The van der Waals surface area contributed by atoms with Crippen molar-refractivity contribution >= 4 is 24.2 Å². The van der Waals surface area contributed by atoms with Crippen molar-refractivity contribution in [3.8, 4) is 11.1 Å². The van der Waals surface area contributed by atoms with Crippen molar-refractivity contribution in [3.05, 3.63) is 48.0 Å². The standard InChI is InChI=1S/C22H27FN4O2.ClH/c23-17-7-5-16(6-8-17)18-12-24-13-19(18)22(29)27-10-2-3-15(14-27)11-26-21(28)20-4-1-9-25-20;/h5-8,12-13,15,20,24-25H,1-4,9-11,14H2,(H,26,28);1H. The first-order valence-corrected chi connectivity index (χ1v) is 10.3. The van der Waals surface area contributed by atoms with Crippen LogP contribution in [0.4, 0.5) is 4.39 Å². The first-order valence-electron chi connectivity index (χ1n) is 10.3. The van der Waals surface area contributed by atoms with E-state index in [1.807, 2.05) is 4.90 Å². The predicted molar refractivity (Wildman–Crippen MR) is 116 cm³/mol. The number of hydrogen-bond acceptors (Lipinski definition) is 3. The van der Waals surface area contributed by atoms with Gasteiger partial charge in [-0.1, -0.05) is 12.1 Å². The summed E-state index contributed by atoms with van der Waals surface area (Å²) in [7, 11) is 0. The van der Waals surface area contributed by atoms with Gasteiger partial charge in [0.25, 0.3) is 5.91 Å². The molecule has 8 heteroatoms. The molecule has 1 aromatic heterocycles. The fourth-order valence-corrected chi connectivity index (χ4v) is 4.27. The van der Waals surface area contributed by atoms with E-state index in [1.165, 1.54) is 12.1 Å². The third-order valence-corrected chi connectivity index (χ3v) is 5.88. The number of nitrogens with zero attached hydrogens (tertiary/aromatic N) is 1. The lowest BCUT2D eigenvalue weighted by atomic mass is 9.96. The minimum atomic E-state index is -0.300. The molecule has 162 valence electrons. The number of nitrogens with one attached hydrogen (secondary N) is 3. The van der Waals surface area contributed by atoms with Gasteiger partial charge >= 0.3 is 0 Å². The molecule has 2 saturated heterocycles. The lowest BCUT2D eigenvalue weighted by Gasteiger charge is -2.33. The van der Waals surface area contributed by atoms with Crippen LogP contribution in [0, 0.1) is 11.7 Å². The van der Waals surface area contributed by atoms with E-state index in [0.29, 0.717) is 25.2 Å². The van der Waals surface area contributed by atoms with Gasteiger partial charge in [0.2, 0.25) is 5.91 Å². The molecule has 0 spiro atoms. The second-order valence-corrected chi connectivity index (χ2v) is 7.94. The molecule has 0 aliphatic carbocycles. The van der Waals surface area contributed by atoms with Crippen molar-refractivity contribution in [3.63, 3.8) is 0 Å². The number of carbonyl (C=O) groups is 2. The Bertz CT molecular complexity index is 864. The average molecular weight is 435 g/mol. The van der Waals surface area contributed by atoms with Gasteiger partial charge in [-0.05, 0) is 55.8 Å². The normalized spacial score (nSPS) is 21.2. The van der Waals surface area contributed by atoms with E-state index in [4.69, 9.17) is 0 Å². The Balaban J connectivity index is 0.00000256. The zero-order chi connectivity index (χ0) is 20.2. The number of carbonyl (C=O) groups excluding carboxylic acids is 2. The van der Waals surface area contributed by atoms with E-state index < -0.39 is 0 Å². The molecule has 2 aliphatic heterocycles. The summed E-state index contributed by atoms with van der Waals surface area (Å²) in [6.45, 7) is 2.84. The van der Waals surface area contributed by atoms with Crippen LogP contribution in [-0.4, -0.2) is 53.9 Å². The summed E-state index contributed by atoms with van der Waals surface area (Å²) in [5.41, 5.74) is 2.18. The van der Waals surface area contributed by atoms with Gasteiger partial charge in [-0.25, -0.2) is 4.39 Å². The number of halogens is 2. The molecule has 2 aromatic rings. The molecule has 2 atom stereocenters. The van der Waals surface area contributed by atoms with Crippen molar-refractivity contribution in [1.29, 1.82) is 0 Å². The molecule has 0 bridgehead atoms. The number of likely N-dealkylation sites (tertiary alicyclic amines) is 1. The second-order valence-electron chi connectivity index (χ2n) is 7.94. The average Bonchev–Trinajstić information content (AvgIpc) is 3.44. The molecule has 4 rings (SSSR count). The number of amides is 2. The lowest BCUT2D eigenvalue weighted by Crippen LogP contribution is -2.46. The SMILES string of the molecule is Cl.O=C(NCC1CCCN(C(=O)c2c[nH]cc2-c2ccc(F)cc2)C1)C1CCCN1. The molecule has 0 radical (unpaired) electrons. The third-order valence-electron chi connectivity index (χ3n) is 5.88. The minimum absolute atomic E-state index is 0. The molecule has 0 saturated carbocycles. The Labute approximate surface area is 182 Å². The maximum absolute atomic E-state index is 13.2. The number of hydrogen-bond donors (Lipinski definition) is 3. The summed E-state index contributed by atoms with van der Waals surface area (Å²) in [4.78, 5) is 30.3. The Hall–Kier alpha value is -2.38. The van der Waals surface area contributed by atoms with Crippen LogP contribution < -0.4 is 10.6 Å². The van der Waals surface area contributed by atoms with Crippen LogP contribution in [0.3, 0.4) is 0 Å². The lowest BCUT2D eigenvalue weighted by molar-refractivity contribution is -0.123. The molecule has 2 unspecified atom stereocenters. The molecule has 6 nitrogen and oxygen atoms in total. The van der Waals surface area contributed by atoms with Crippen molar-refractivity contribution in [2.24, 2.45) is 5.92 Å². The highest BCUT2D eigenvalue weighted by atomic mass is 35.5. The summed E-state index contributed by atoms with van der Waals surface area (Å²) in [6.07, 6.45) is 7.33. The molecule has 2 amide bonds. The topological polar surface area (TPSA) is 77.2 Å². The van der Waals surface area contributed by atoms with E-state index in [9.17, 15) is 14.0 Å². The molecular weight excluding hydrogens is 407 g/mol. The fraction of sp³-hybridized carbons (Fsp3) is 0.455. The van der Waals surface area contributed by atoms with E-state index in [2.05, 4.69) is 15.6 Å². The molecule has 30 heavy (non-hydrogen) atoms. The Morgan fingerprint density at radius 3 is 2.67 bits per heavy atom. The zero-order valence-electron chi connectivity index (χ0n) is 16.8. The maximum Gasteiger partial charge on any atom is 0.256 e. The van der Waals surface area contributed by atoms with Gasteiger partial charge in [-0.2, -0.15) is 0 Å². The summed E-state index contributed by atoms with van der Waals surface area (Å²) in [5, 5.41) is 6.26. The van der Waals surface area contributed by atoms with E-state index in [1.54, 1.807) is 24.5 Å². The number of piperidine rings is 1. The van der Waals surface area contributed by atoms with E-state index >= 15 is 0 Å². The van der Waals surface area contributed by atoms with Crippen molar-refractivity contribution in [2.45, 2.75) is 31.7 Å². The van der Waals surface area contributed by atoms with Gasteiger partial charge in [0.1, 0.15) is 5.82 Å². The van der Waals surface area contributed by atoms with E-state index in [-0.39, 0.29) is 42.0 Å². The zero-order valence-corrected chi connectivity index (χ0v) is 17.6. The first-order chi connectivity index (χ1) is 14.1. The van der Waals surface area contributed by atoms with Crippen LogP contribution in [0.15, 0.2) is 36.7 Å². The highest BCUT2D eigenvalue weighted by molar-refractivity contribution is 6.00. The van der Waals surface area contributed by atoms with Gasteiger partial charge in [-0.15, -0.1) is 12.4 Å². The summed E-state index contributed by atoms with van der Waals surface area (Å²) in [5.74, 6) is -0.00797. The van der Waals surface area contributed by atoms with Crippen LogP contribution >= 0.6 is 12.4 Å². The highest BCUT2D eigenvalue weighted by Gasteiger charge is 2.28. The van der Waals surface area contributed by atoms with Crippen LogP contribution in [0.2, 0.25) is 0 Å². The summed E-state index contributed by atoms with van der Waals surface area (Å²) < 4.78 is 13.2. The van der Waals surface area contributed by atoms with Crippen LogP contribution in [0.25, 0.3) is 11.1 Å². The van der Waals surface area contributed by atoms with Crippen molar-refractivity contribution in [2.75, 3.05) is 26.2 Å². The van der Waals surface area contributed by atoms with Gasteiger partial charge in [0.15, 0.2) is 0 Å². The molecule has 3 N–H and O–H groups in total. The quantitative estimate of drug-likeness (QED) is 0.677. The van der Waals surface area contributed by atoms with Crippen LogP contribution in [0.5, 0.6) is 0 Å². The van der Waals surface area contributed by atoms with Crippen LogP contribution in [-0.2, 0) is 4.79 Å². The van der Waals surface area contributed by atoms with Gasteiger partial charge in [0.05, 0.1) is 11.6 Å². The maximum atomic E-state index is 13.2. The van der Waals surface area contributed by atoms with Gasteiger partial charge in [-0.3, -0.25) is 9.59 Å². The molecule has 2 aliphatic rings. The molecule has 3 heterocycles. The van der Waals surface area contributed by atoms with Gasteiger partial charge in [0, 0.05) is 37.6 Å². The highest BCUT2D eigenvalue weighted by Crippen LogP contribution is 2.26. The van der Waals surface area contributed by atoms with Crippen molar-refractivity contribution in [1.82, 2.24) is 20.5 Å². The number of benzene rings is 1. The van der Waals surface area contributed by atoms with Gasteiger partial charge < -0.3 is 20.5 Å². The summed E-state index contributed by atoms with van der Waals surface area (Å²) in [6, 6.07) is 6.08. The number of rotatable bonds is 5.